The second kappa shape index (κ2) is 4.21. The molecular weight excluding hydrogens is 192 g/mol. The molecule has 0 heterocycles. The van der Waals surface area contributed by atoms with E-state index in [1.807, 2.05) is 0 Å². The Kier molecular flexibility index (Phi) is 4.00. The van der Waals surface area contributed by atoms with Crippen molar-refractivity contribution in [3.63, 3.8) is 0 Å². The molecule has 0 aromatic carbocycles. The lowest BCUT2D eigenvalue weighted by Crippen LogP contribution is -2.55. The Morgan fingerprint density at radius 3 is 2.00 bits per heavy atom. The van der Waals surface area contributed by atoms with Crippen molar-refractivity contribution in [3.05, 3.63) is 0 Å². The van der Waals surface area contributed by atoms with Crippen LogP contribution in [0, 0.1) is 11.3 Å². The maximum Gasteiger partial charge on any atom is 0.319 e. The highest BCUT2D eigenvalue weighted by molar-refractivity contribution is 5.78. The van der Waals surface area contributed by atoms with Gasteiger partial charge in [0.05, 0.1) is 7.11 Å². The molecule has 1 unspecified atom stereocenters. The Balaban J connectivity index is 5.32. The van der Waals surface area contributed by atoms with Crippen molar-refractivity contribution in [2.75, 3.05) is 13.7 Å². The summed E-state index contributed by atoms with van der Waals surface area (Å²) in [5, 5.41) is 0. The fourth-order valence-electron chi connectivity index (χ4n) is 1.60. The number of nitrogens with two attached hydrogens (primary N) is 1. The van der Waals surface area contributed by atoms with E-state index >= 15 is 0 Å². The Hall–Kier alpha value is -0.710. The standard InChI is InChI=1S/C9H17F2NO2/c1-6(2)9(5-12,7(13)14-4)8(3,10)11/h6H,5,12H2,1-4H3. The first kappa shape index (κ1) is 13.3. The maximum absolute atomic E-state index is 13.3. The molecule has 5 heteroatoms. The molecule has 14 heavy (non-hydrogen) atoms. The average molecular weight is 209 g/mol. The molecule has 0 aliphatic heterocycles. The summed E-state index contributed by atoms with van der Waals surface area (Å²) in [4.78, 5) is 11.4. The second-order valence-corrected chi connectivity index (χ2v) is 3.71. The summed E-state index contributed by atoms with van der Waals surface area (Å²) in [5.74, 6) is -4.73. The van der Waals surface area contributed by atoms with Crippen molar-refractivity contribution in [3.8, 4) is 0 Å². The highest BCUT2D eigenvalue weighted by atomic mass is 19.3. The quantitative estimate of drug-likeness (QED) is 0.712. The van der Waals surface area contributed by atoms with E-state index in [9.17, 15) is 13.6 Å². The lowest BCUT2D eigenvalue weighted by Gasteiger charge is -2.38. The molecule has 0 aliphatic carbocycles. The molecule has 0 aromatic rings. The van der Waals surface area contributed by atoms with Crippen LogP contribution in [0.4, 0.5) is 8.78 Å². The van der Waals surface area contributed by atoms with Crippen LogP contribution in [0.1, 0.15) is 20.8 Å². The number of ether oxygens (including phenoxy) is 1. The normalized spacial score (nSPS) is 16.6. The summed E-state index contributed by atoms with van der Waals surface area (Å²) < 4.78 is 31.1. The molecule has 0 radical (unpaired) electrons. The van der Waals surface area contributed by atoms with Crippen LogP contribution in [0.2, 0.25) is 0 Å². The van der Waals surface area contributed by atoms with E-state index in [0.29, 0.717) is 6.92 Å². The number of methoxy groups -OCH3 is 1. The van der Waals surface area contributed by atoms with Gasteiger partial charge in [-0.3, -0.25) is 4.79 Å². The average Bonchev–Trinajstić information content (AvgIpc) is 2.02. The van der Waals surface area contributed by atoms with Gasteiger partial charge in [-0.15, -0.1) is 0 Å². The zero-order valence-corrected chi connectivity index (χ0v) is 8.93. The fraction of sp³-hybridized carbons (Fsp3) is 0.889. The molecule has 0 aromatic heterocycles. The Bertz CT molecular complexity index is 213. The van der Waals surface area contributed by atoms with Crippen LogP contribution in [-0.2, 0) is 9.53 Å². The van der Waals surface area contributed by atoms with E-state index in [1.54, 1.807) is 0 Å². The van der Waals surface area contributed by atoms with Crippen LogP contribution >= 0.6 is 0 Å². The zero-order valence-electron chi connectivity index (χ0n) is 8.93. The predicted molar refractivity (Wildman–Crippen MR) is 49.0 cm³/mol. The molecule has 0 aliphatic rings. The van der Waals surface area contributed by atoms with Crippen LogP contribution in [0.3, 0.4) is 0 Å². The summed E-state index contributed by atoms with van der Waals surface area (Å²) in [5.41, 5.74) is 3.36. The van der Waals surface area contributed by atoms with Gasteiger partial charge in [-0.05, 0) is 5.92 Å². The van der Waals surface area contributed by atoms with Gasteiger partial charge in [0.15, 0.2) is 0 Å². The molecule has 84 valence electrons. The molecule has 1 atom stereocenters. The summed E-state index contributed by atoms with van der Waals surface area (Å²) in [6.07, 6.45) is 0. The summed E-state index contributed by atoms with van der Waals surface area (Å²) in [6.45, 7) is 3.32. The van der Waals surface area contributed by atoms with Crippen molar-refractivity contribution in [2.45, 2.75) is 26.7 Å². The monoisotopic (exact) mass is 209 g/mol. The number of hydrogen-bond acceptors (Lipinski definition) is 3. The van der Waals surface area contributed by atoms with Gasteiger partial charge in [-0.1, -0.05) is 13.8 Å². The number of rotatable bonds is 4. The summed E-state index contributed by atoms with van der Waals surface area (Å²) >= 11 is 0. The van der Waals surface area contributed by atoms with Crippen molar-refractivity contribution in [1.29, 1.82) is 0 Å². The van der Waals surface area contributed by atoms with Crippen LogP contribution < -0.4 is 5.73 Å². The van der Waals surface area contributed by atoms with Crippen molar-refractivity contribution < 1.29 is 18.3 Å². The number of carbonyl (C=O) groups is 1. The lowest BCUT2D eigenvalue weighted by molar-refractivity contribution is -0.185. The van der Waals surface area contributed by atoms with E-state index in [4.69, 9.17) is 5.73 Å². The van der Waals surface area contributed by atoms with Crippen LogP contribution in [0.15, 0.2) is 0 Å². The summed E-state index contributed by atoms with van der Waals surface area (Å²) in [6, 6.07) is 0. The second-order valence-electron chi connectivity index (χ2n) is 3.71. The highest BCUT2D eigenvalue weighted by Crippen LogP contribution is 2.42. The van der Waals surface area contributed by atoms with Gasteiger partial charge < -0.3 is 10.5 Å². The minimum Gasteiger partial charge on any atom is -0.468 e. The Labute approximate surface area is 82.6 Å². The number of halogens is 2. The zero-order chi connectivity index (χ0) is 11.6. The topological polar surface area (TPSA) is 52.3 Å². The van der Waals surface area contributed by atoms with E-state index in [0.717, 1.165) is 7.11 Å². The predicted octanol–water partition coefficient (Wildman–Crippen LogP) is 1.42. The molecule has 0 fully saturated rings. The molecule has 0 saturated carbocycles. The number of hydrogen-bond donors (Lipinski definition) is 1. The molecule has 2 N–H and O–H groups in total. The smallest absolute Gasteiger partial charge is 0.319 e. The van der Waals surface area contributed by atoms with Gasteiger partial charge >= 0.3 is 5.97 Å². The van der Waals surface area contributed by atoms with Crippen molar-refractivity contribution in [1.82, 2.24) is 0 Å². The van der Waals surface area contributed by atoms with Gasteiger partial charge in [0.1, 0.15) is 5.41 Å². The Morgan fingerprint density at radius 1 is 1.50 bits per heavy atom. The van der Waals surface area contributed by atoms with Crippen LogP contribution in [0.25, 0.3) is 0 Å². The van der Waals surface area contributed by atoms with Gasteiger partial charge in [0.25, 0.3) is 5.92 Å². The number of esters is 1. The molecule has 0 spiro atoms. The van der Waals surface area contributed by atoms with Gasteiger partial charge in [0, 0.05) is 13.5 Å². The van der Waals surface area contributed by atoms with E-state index in [1.165, 1.54) is 13.8 Å². The molecule has 0 amide bonds. The molecule has 3 nitrogen and oxygen atoms in total. The van der Waals surface area contributed by atoms with E-state index < -0.39 is 29.8 Å². The molecule has 0 rings (SSSR count). The third-order valence-electron chi connectivity index (χ3n) is 2.64. The first-order valence-corrected chi connectivity index (χ1v) is 4.40. The van der Waals surface area contributed by atoms with Crippen LogP contribution in [0.5, 0.6) is 0 Å². The van der Waals surface area contributed by atoms with Gasteiger partial charge in [0.2, 0.25) is 0 Å². The highest BCUT2D eigenvalue weighted by Gasteiger charge is 2.58. The molecule has 0 bridgehead atoms. The number of carbonyl (C=O) groups excluding carboxylic acids is 1. The van der Waals surface area contributed by atoms with Crippen molar-refractivity contribution in [2.24, 2.45) is 17.1 Å². The first-order valence-electron chi connectivity index (χ1n) is 4.40. The fourth-order valence-corrected chi connectivity index (χ4v) is 1.60. The number of alkyl halides is 2. The SMILES string of the molecule is COC(=O)C(CN)(C(C)C)C(C)(F)F. The van der Waals surface area contributed by atoms with Crippen molar-refractivity contribution >= 4 is 5.97 Å². The molecular formula is C9H17F2NO2. The third-order valence-corrected chi connectivity index (χ3v) is 2.64. The largest absolute Gasteiger partial charge is 0.468 e. The minimum absolute atomic E-state index is 0.430. The lowest BCUT2D eigenvalue weighted by atomic mass is 9.72. The maximum atomic E-state index is 13.3. The van der Waals surface area contributed by atoms with E-state index in [2.05, 4.69) is 4.74 Å². The molecule has 0 saturated heterocycles. The Morgan fingerprint density at radius 2 is 1.93 bits per heavy atom. The summed E-state index contributed by atoms with van der Waals surface area (Å²) in [7, 11) is 1.08. The first-order chi connectivity index (χ1) is 6.24. The van der Waals surface area contributed by atoms with E-state index in [-0.39, 0.29) is 0 Å². The van der Waals surface area contributed by atoms with Gasteiger partial charge in [-0.25, -0.2) is 8.78 Å². The minimum atomic E-state index is -3.19. The third kappa shape index (κ3) is 1.87. The van der Waals surface area contributed by atoms with Crippen LogP contribution in [-0.4, -0.2) is 25.5 Å². The van der Waals surface area contributed by atoms with Gasteiger partial charge in [-0.2, -0.15) is 0 Å².